The van der Waals surface area contributed by atoms with Crippen LogP contribution >= 0.6 is 0 Å². The van der Waals surface area contributed by atoms with Crippen LogP contribution in [0.4, 0.5) is 0 Å². The van der Waals surface area contributed by atoms with Crippen molar-refractivity contribution < 1.29 is 19.8 Å². The summed E-state index contributed by atoms with van der Waals surface area (Å²) in [6.45, 7) is 0. The van der Waals surface area contributed by atoms with E-state index in [0.29, 0.717) is 0 Å². The Morgan fingerprint density at radius 1 is 1.07 bits per heavy atom. The molecule has 0 aromatic rings. The molecule has 5 heteroatoms. The molecule has 0 radical (unpaired) electrons. The van der Waals surface area contributed by atoms with Crippen molar-refractivity contribution >= 4 is 11.9 Å². The zero-order valence-corrected chi connectivity index (χ0v) is 7.90. The minimum absolute atomic E-state index is 0.0425. The van der Waals surface area contributed by atoms with Crippen molar-refractivity contribution in [3.8, 4) is 0 Å². The Morgan fingerprint density at radius 2 is 1.57 bits per heavy atom. The van der Waals surface area contributed by atoms with E-state index in [2.05, 4.69) is 5.32 Å². The highest BCUT2D eigenvalue weighted by atomic mass is 16.4. The number of carboxylic acid groups (broad SMARTS) is 2. The predicted molar refractivity (Wildman–Crippen MR) is 49.1 cm³/mol. The van der Waals surface area contributed by atoms with Crippen molar-refractivity contribution in [2.24, 2.45) is 0 Å². The smallest absolute Gasteiger partial charge is 0.332 e. The molecular formula is C9H15NO4. The van der Waals surface area contributed by atoms with Gasteiger partial charge in [0.2, 0.25) is 6.04 Å². The molecule has 0 aliphatic heterocycles. The maximum absolute atomic E-state index is 10.6. The molecule has 1 aliphatic rings. The largest absolute Gasteiger partial charge is 0.480 e. The van der Waals surface area contributed by atoms with Crippen LogP contribution in [-0.2, 0) is 9.59 Å². The molecule has 0 atom stereocenters. The molecule has 80 valence electrons. The van der Waals surface area contributed by atoms with Gasteiger partial charge in [0, 0.05) is 6.04 Å². The van der Waals surface area contributed by atoms with E-state index in [-0.39, 0.29) is 6.04 Å². The molecule has 0 bridgehead atoms. The van der Waals surface area contributed by atoms with Crippen LogP contribution in [0.15, 0.2) is 0 Å². The summed E-state index contributed by atoms with van der Waals surface area (Å²) in [6, 6.07) is -1.42. The molecule has 0 unspecified atom stereocenters. The van der Waals surface area contributed by atoms with Gasteiger partial charge in [-0.15, -0.1) is 0 Å². The molecule has 0 amide bonds. The number of rotatable bonds is 4. The first-order valence-electron chi connectivity index (χ1n) is 4.83. The number of carboxylic acids is 2. The van der Waals surface area contributed by atoms with Crippen molar-refractivity contribution in [1.29, 1.82) is 0 Å². The van der Waals surface area contributed by atoms with Gasteiger partial charge in [0.1, 0.15) is 0 Å². The van der Waals surface area contributed by atoms with E-state index in [4.69, 9.17) is 10.2 Å². The van der Waals surface area contributed by atoms with E-state index in [1.165, 1.54) is 0 Å². The minimum atomic E-state index is -1.46. The number of carbonyl (C=O) groups is 2. The second-order valence-corrected chi connectivity index (χ2v) is 3.61. The van der Waals surface area contributed by atoms with Gasteiger partial charge in [-0.3, -0.25) is 5.32 Å². The van der Waals surface area contributed by atoms with Gasteiger partial charge in [0.15, 0.2) is 0 Å². The third kappa shape index (κ3) is 2.99. The van der Waals surface area contributed by atoms with Crippen LogP contribution < -0.4 is 5.32 Å². The molecule has 5 nitrogen and oxygen atoms in total. The fourth-order valence-corrected chi connectivity index (χ4v) is 1.75. The third-order valence-corrected chi connectivity index (χ3v) is 2.50. The Bertz CT molecular complexity index is 209. The second-order valence-electron chi connectivity index (χ2n) is 3.61. The molecule has 0 aromatic carbocycles. The zero-order valence-electron chi connectivity index (χ0n) is 7.90. The van der Waals surface area contributed by atoms with Crippen molar-refractivity contribution in [1.82, 2.24) is 5.32 Å². The lowest BCUT2D eigenvalue weighted by Gasteiger charge is -2.24. The number of hydrogen-bond acceptors (Lipinski definition) is 3. The molecule has 0 aromatic heterocycles. The monoisotopic (exact) mass is 201 g/mol. The van der Waals surface area contributed by atoms with Gasteiger partial charge in [-0.25, -0.2) is 9.59 Å². The SMILES string of the molecule is O=C(O)C(NC1CCCCC1)C(=O)O. The van der Waals surface area contributed by atoms with Crippen LogP contribution in [0.3, 0.4) is 0 Å². The van der Waals surface area contributed by atoms with E-state index in [1.807, 2.05) is 0 Å². The van der Waals surface area contributed by atoms with E-state index >= 15 is 0 Å². The quantitative estimate of drug-likeness (QED) is 0.575. The average molecular weight is 201 g/mol. The van der Waals surface area contributed by atoms with Crippen LogP contribution in [0.2, 0.25) is 0 Å². The first kappa shape index (κ1) is 11.0. The first-order chi connectivity index (χ1) is 6.61. The fraction of sp³-hybridized carbons (Fsp3) is 0.778. The average Bonchev–Trinajstić information content (AvgIpc) is 2.15. The summed E-state index contributed by atoms with van der Waals surface area (Å²) in [4.78, 5) is 21.1. The number of aliphatic carboxylic acids is 2. The summed E-state index contributed by atoms with van der Waals surface area (Å²) >= 11 is 0. The fourth-order valence-electron chi connectivity index (χ4n) is 1.75. The highest BCUT2D eigenvalue weighted by molar-refractivity contribution is 5.97. The van der Waals surface area contributed by atoms with Crippen LogP contribution in [-0.4, -0.2) is 34.2 Å². The minimum Gasteiger partial charge on any atom is -0.480 e. The number of hydrogen-bond donors (Lipinski definition) is 3. The van der Waals surface area contributed by atoms with Crippen LogP contribution in [0.5, 0.6) is 0 Å². The highest BCUT2D eigenvalue weighted by Gasteiger charge is 2.28. The van der Waals surface area contributed by atoms with Gasteiger partial charge >= 0.3 is 11.9 Å². The summed E-state index contributed by atoms with van der Waals surface area (Å²) < 4.78 is 0. The lowest BCUT2D eigenvalue weighted by Crippen LogP contribution is -2.48. The molecule has 1 fully saturated rings. The van der Waals surface area contributed by atoms with Gasteiger partial charge in [-0.2, -0.15) is 0 Å². The summed E-state index contributed by atoms with van der Waals surface area (Å²) in [5.41, 5.74) is 0. The van der Waals surface area contributed by atoms with Crippen molar-refractivity contribution in [2.45, 2.75) is 44.2 Å². The summed E-state index contributed by atoms with van der Waals surface area (Å²) in [6.07, 6.45) is 4.99. The van der Waals surface area contributed by atoms with Crippen molar-refractivity contribution in [3.63, 3.8) is 0 Å². The third-order valence-electron chi connectivity index (χ3n) is 2.50. The summed E-state index contributed by atoms with van der Waals surface area (Å²) in [5.74, 6) is -2.63. The van der Waals surface area contributed by atoms with Gasteiger partial charge in [-0.05, 0) is 12.8 Å². The first-order valence-corrected chi connectivity index (χ1v) is 4.83. The number of nitrogens with one attached hydrogen (secondary N) is 1. The van der Waals surface area contributed by atoms with Crippen LogP contribution in [0.1, 0.15) is 32.1 Å². The standard InChI is InChI=1S/C9H15NO4/c11-8(12)7(9(13)14)10-6-4-2-1-3-5-6/h6-7,10H,1-5H2,(H,11,12)(H,13,14). The Balaban J connectivity index is 2.45. The molecule has 1 aliphatic carbocycles. The van der Waals surface area contributed by atoms with Crippen molar-refractivity contribution in [3.05, 3.63) is 0 Å². The molecule has 0 saturated heterocycles. The van der Waals surface area contributed by atoms with Gasteiger partial charge < -0.3 is 10.2 Å². The molecular weight excluding hydrogens is 186 g/mol. The normalized spacial score (nSPS) is 18.4. The van der Waals surface area contributed by atoms with E-state index in [0.717, 1.165) is 32.1 Å². The molecule has 3 N–H and O–H groups in total. The van der Waals surface area contributed by atoms with Crippen LogP contribution in [0.25, 0.3) is 0 Å². The lowest BCUT2D eigenvalue weighted by atomic mass is 9.95. The van der Waals surface area contributed by atoms with Gasteiger partial charge in [0.25, 0.3) is 0 Å². The van der Waals surface area contributed by atoms with Crippen molar-refractivity contribution in [2.75, 3.05) is 0 Å². The second kappa shape index (κ2) is 4.95. The molecule has 0 heterocycles. The maximum Gasteiger partial charge on any atom is 0.332 e. The summed E-state index contributed by atoms with van der Waals surface area (Å²) in [7, 11) is 0. The molecule has 0 spiro atoms. The Morgan fingerprint density at radius 3 is 2.00 bits per heavy atom. The summed E-state index contributed by atoms with van der Waals surface area (Å²) in [5, 5.41) is 19.9. The molecule has 1 saturated carbocycles. The van der Waals surface area contributed by atoms with Gasteiger partial charge in [0.05, 0.1) is 0 Å². The predicted octanol–water partition coefficient (Wildman–Crippen LogP) is 0.446. The van der Waals surface area contributed by atoms with E-state index in [9.17, 15) is 9.59 Å². The zero-order chi connectivity index (χ0) is 10.6. The lowest BCUT2D eigenvalue weighted by molar-refractivity contribution is -0.151. The molecule has 14 heavy (non-hydrogen) atoms. The van der Waals surface area contributed by atoms with Gasteiger partial charge in [-0.1, -0.05) is 19.3 Å². The highest BCUT2D eigenvalue weighted by Crippen LogP contribution is 2.17. The van der Waals surface area contributed by atoms with E-state index < -0.39 is 18.0 Å². The maximum atomic E-state index is 10.6. The topological polar surface area (TPSA) is 86.6 Å². The Hall–Kier alpha value is -1.10. The van der Waals surface area contributed by atoms with E-state index in [1.54, 1.807) is 0 Å². The van der Waals surface area contributed by atoms with Crippen LogP contribution in [0, 0.1) is 0 Å². The Kier molecular flexibility index (Phi) is 3.88. The Labute approximate surface area is 82.1 Å². The molecule has 1 rings (SSSR count).